The average Bonchev–Trinajstić information content (AvgIpc) is 2.38. The Bertz CT molecular complexity index is 515. The number of nitrogens with one attached hydrogen (secondary N) is 2. The first kappa shape index (κ1) is 16.5. The number of thioether (sulfide) groups is 1. The summed E-state index contributed by atoms with van der Waals surface area (Å²) < 4.78 is 27.2. The fourth-order valence-corrected chi connectivity index (χ4v) is 3.42. The lowest BCUT2D eigenvalue weighted by molar-refractivity contribution is 0.580. The highest BCUT2D eigenvalue weighted by atomic mass is 32.2. The third-order valence-corrected chi connectivity index (χ3v) is 5.42. The van der Waals surface area contributed by atoms with E-state index in [0.29, 0.717) is 18.0 Å². The highest BCUT2D eigenvalue weighted by Crippen LogP contribution is 2.17. The van der Waals surface area contributed by atoms with Crippen LogP contribution < -0.4 is 10.0 Å². The number of hydrogen-bond donors (Lipinski definition) is 2. The fourth-order valence-electron chi connectivity index (χ4n) is 1.64. The van der Waals surface area contributed by atoms with Crippen LogP contribution in [0, 0.1) is 6.92 Å². The highest BCUT2D eigenvalue weighted by Gasteiger charge is 2.17. The molecule has 0 amide bonds. The van der Waals surface area contributed by atoms with Crippen molar-refractivity contribution in [1.82, 2.24) is 10.0 Å². The van der Waals surface area contributed by atoms with Gasteiger partial charge < -0.3 is 5.32 Å². The number of benzene rings is 1. The van der Waals surface area contributed by atoms with Gasteiger partial charge in [0.25, 0.3) is 0 Å². The van der Waals surface area contributed by atoms with Crippen molar-refractivity contribution < 1.29 is 8.42 Å². The zero-order chi connectivity index (χ0) is 14.5. The molecule has 2 N–H and O–H groups in total. The summed E-state index contributed by atoms with van der Waals surface area (Å²) in [5.74, 6) is 0. The Hall–Kier alpha value is -0.560. The largest absolute Gasteiger partial charge is 0.316 e. The van der Waals surface area contributed by atoms with Crippen molar-refractivity contribution in [2.45, 2.75) is 30.5 Å². The first-order chi connectivity index (χ1) is 8.90. The van der Waals surface area contributed by atoms with Crippen LogP contribution in [0.25, 0.3) is 0 Å². The molecule has 0 saturated heterocycles. The molecule has 6 heteroatoms. The third-order valence-electron chi connectivity index (χ3n) is 2.89. The summed E-state index contributed by atoms with van der Waals surface area (Å²) in [5.41, 5.74) is 1.73. The van der Waals surface area contributed by atoms with Crippen LogP contribution >= 0.6 is 11.8 Å². The van der Waals surface area contributed by atoms with Gasteiger partial charge in [-0.2, -0.15) is 11.8 Å². The molecular formula is C13H22N2O2S2. The summed E-state index contributed by atoms with van der Waals surface area (Å²) in [6.45, 7) is 4.91. The van der Waals surface area contributed by atoms with Crippen molar-refractivity contribution in [3.8, 4) is 0 Å². The van der Waals surface area contributed by atoms with Crippen LogP contribution in [-0.2, 0) is 16.6 Å². The molecule has 0 aromatic heterocycles. The first-order valence-corrected chi connectivity index (χ1v) is 8.94. The molecule has 0 aliphatic heterocycles. The van der Waals surface area contributed by atoms with Gasteiger partial charge in [0.2, 0.25) is 10.0 Å². The van der Waals surface area contributed by atoms with E-state index in [1.807, 2.05) is 39.3 Å². The quantitative estimate of drug-likeness (QED) is 0.805. The molecule has 19 heavy (non-hydrogen) atoms. The Kier molecular flexibility index (Phi) is 6.32. The van der Waals surface area contributed by atoms with Crippen molar-refractivity contribution in [3.63, 3.8) is 0 Å². The maximum atomic E-state index is 12.3. The van der Waals surface area contributed by atoms with Crippen LogP contribution in [0.1, 0.15) is 18.1 Å². The van der Waals surface area contributed by atoms with E-state index in [0.717, 1.165) is 11.1 Å². The van der Waals surface area contributed by atoms with Crippen LogP contribution in [-0.4, -0.2) is 33.5 Å². The zero-order valence-corrected chi connectivity index (χ0v) is 13.5. The number of hydrogen-bond acceptors (Lipinski definition) is 4. The van der Waals surface area contributed by atoms with E-state index in [4.69, 9.17) is 0 Å². The van der Waals surface area contributed by atoms with E-state index >= 15 is 0 Å². The molecule has 0 aliphatic rings. The number of aryl methyl sites for hydroxylation is 1. The molecule has 0 radical (unpaired) electrons. The summed E-state index contributed by atoms with van der Waals surface area (Å²) >= 11 is 1.64. The molecule has 0 saturated carbocycles. The van der Waals surface area contributed by atoms with Crippen molar-refractivity contribution >= 4 is 21.8 Å². The van der Waals surface area contributed by atoms with E-state index in [-0.39, 0.29) is 5.25 Å². The van der Waals surface area contributed by atoms with Gasteiger partial charge in [-0.3, -0.25) is 0 Å². The van der Waals surface area contributed by atoms with Gasteiger partial charge in [0.1, 0.15) is 0 Å². The third kappa shape index (κ3) is 4.80. The first-order valence-electron chi connectivity index (χ1n) is 6.17. The predicted molar refractivity (Wildman–Crippen MR) is 82.1 cm³/mol. The molecule has 1 unspecified atom stereocenters. The Balaban J connectivity index is 2.96. The minimum atomic E-state index is -3.43. The minimum Gasteiger partial charge on any atom is -0.316 e. The Labute approximate surface area is 120 Å². The van der Waals surface area contributed by atoms with Gasteiger partial charge in [-0.15, -0.1) is 0 Å². The average molecular weight is 302 g/mol. The molecule has 4 nitrogen and oxygen atoms in total. The smallest absolute Gasteiger partial charge is 0.240 e. The Morgan fingerprint density at radius 2 is 2.05 bits per heavy atom. The molecule has 0 spiro atoms. The fraction of sp³-hybridized carbons (Fsp3) is 0.538. The summed E-state index contributed by atoms with van der Waals surface area (Å²) in [5, 5.41) is 3.28. The standard InChI is InChI=1S/C13H22N2O2S2/c1-10-5-6-12(9-14-3)7-13(10)19(16,17)15-8-11(2)18-4/h5-7,11,14-15H,8-9H2,1-4H3. The summed E-state index contributed by atoms with van der Waals surface area (Å²) in [4.78, 5) is 0.369. The van der Waals surface area contributed by atoms with Crippen LogP contribution in [0.3, 0.4) is 0 Å². The molecule has 0 heterocycles. The van der Waals surface area contributed by atoms with Gasteiger partial charge in [-0.25, -0.2) is 13.1 Å². The lowest BCUT2D eigenvalue weighted by Gasteiger charge is -2.13. The second-order valence-electron chi connectivity index (χ2n) is 4.53. The van der Waals surface area contributed by atoms with E-state index in [1.54, 1.807) is 17.8 Å². The molecule has 0 aliphatic carbocycles. The van der Waals surface area contributed by atoms with E-state index in [9.17, 15) is 8.42 Å². The molecular weight excluding hydrogens is 280 g/mol. The molecule has 1 aromatic carbocycles. The minimum absolute atomic E-state index is 0.260. The lowest BCUT2D eigenvalue weighted by Crippen LogP contribution is -2.30. The van der Waals surface area contributed by atoms with E-state index in [1.165, 1.54) is 0 Å². The predicted octanol–water partition coefficient (Wildman–Crippen LogP) is 1.74. The van der Waals surface area contributed by atoms with Gasteiger partial charge in [0, 0.05) is 18.3 Å². The normalized spacial score (nSPS) is 13.5. The summed E-state index contributed by atoms with van der Waals surface area (Å²) in [6.07, 6.45) is 1.97. The molecule has 1 atom stereocenters. The SMILES string of the molecule is CNCc1ccc(C)c(S(=O)(=O)NCC(C)SC)c1. The van der Waals surface area contributed by atoms with Crippen molar-refractivity contribution in [3.05, 3.63) is 29.3 Å². The summed E-state index contributed by atoms with van der Waals surface area (Å²) in [7, 11) is -1.59. The number of sulfonamides is 1. The molecule has 108 valence electrons. The highest BCUT2D eigenvalue weighted by molar-refractivity contribution is 7.99. The van der Waals surface area contributed by atoms with Gasteiger partial charge in [-0.1, -0.05) is 19.1 Å². The lowest BCUT2D eigenvalue weighted by atomic mass is 10.1. The topological polar surface area (TPSA) is 58.2 Å². The van der Waals surface area contributed by atoms with Crippen LogP contribution in [0.2, 0.25) is 0 Å². The second kappa shape index (κ2) is 7.28. The monoisotopic (exact) mass is 302 g/mol. The van der Waals surface area contributed by atoms with Gasteiger partial charge >= 0.3 is 0 Å². The second-order valence-corrected chi connectivity index (χ2v) is 7.54. The van der Waals surface area contributed by atoms with Crippen molar-refractivity contribution in [2.75, 3.05) is 19.8 Å². The molecule has 0 bridgehead atoms. The van der Waals surface area contributed by atoms with E-state index in [2.05, 4.69) is 10.0 Å². The maximum absolute atomic E-state index is 12.3. The number of rotatable bonds is 7. The van der Waals surface area contributed by atoms with Gasteiger partial charge in [-0.05, 0) is 37.4 Å². The summed E-state index contributed by atoms with van der Waals surface area (Å²) in [6, 6.07) is 5.52. The van der Waals surface area contributed by atoms with Crippen LogP contribution in [0.4, 0.5) is 0 Å². The molecule has 0 fully saturated rings. The maximum Gasteiger partial charge on any atom is 0.240 e. The zero-order valence-electron chi connectivity index (χ0n) is 11.9. The molecule has 1 rings (SSSR count). The molecule has 1 aromatic rings. The van der Waals surface area contributed by atoms with Gasteiger partial charge in [0.15, 0.2) is 0 Å². The van der Waals surface area contributed by atoms with Crippen molar-refractivity contribution in [1.29, 1.82) is 0 Å². The Morgan fingerprint density at radius 1 is 1.37 bits per heavy atom. The van der Waals surface area contributed by atoms with Crippen molar-refractivity contribution in [2.24, 2.45) is 0 Å². The van der Waals surface area contributed by atoms with Crippen LogP contribution in [0.15, 0.2) is 23.1 Å². The van der Waals surface area contributed by atoms with E-state index < -0.39 is 10.0 Å². The Morgan fingerprint density at radius 3 is 2.63 bits per heavy atom. The van der Waals surface area contributed by atoms with Crippen LogP contribution in [0.5, 0.6) is 0 Å². The van der Waals surface area contributed by atoms with Gasteiger partial charge in [0.05, 0.1) is 4.90 Å².